The lowest BCUT2D eigenvalue weighted by molar-refractivity contribution is 0.199. The van der Waals surface area contributed by atoms with E-state index in [2.05, 4.69) is 11.9 Å². The normalized spacial score (nSPS) is 11.9. The molecule has 0 spiro atoms. The largest absolute Gasteiger partial charge is 0.497 e. The van der Waals surface area contributed by atoms with Gasteiger partial charge in [-0.1, -0.05) is 18.7 Å². The molecule has 0 amide bonds. The zero-order valence-corrected chi connectivity index (χ0v) is 11.9. The van der Waals surface area contributed by atoms with Crippen LogP contribution in [0.3, 0.4) is 0 Å². The number of hydrogen-bond donors (Lipinski definition) is 1. The summed E-state index contributed by atoms with van der Waals surface area (Å²) in [6.07, 6.45) is 1.73. The molecule has 0 bridgehead atoms. The molecule has 1 unspecified atom stereocenters. The van der Waals surface area contributed by atoms with Crippen molar-refractivity contribution in [3.8, 4) is 11.5 Å². The zero-order valence-electron chi connectivity index (χ0n) is 11.9. The maximum atomic E-state index is 5.82. The fourth-order valence-corrected chi connectivity index (χ4v) is 1.56. The number of nitrogens with one attached hydrogen (secondary N) is 1. The summed E-state index contributed by atoms with van der Waals surface area (Å²) in [5.74, 6) is 1.60. The van der Waals surface area contributed by atoms with Gasteiger partial charge in [0.25, 0.3) is 0 Å². The van der Waals surface area contributed by atoms with Crippen molar-refractivity contribution in [2.24, 2.45) is 0 Å². The number of rotatable bonds is 9. The van der Waals surface area contributed by atoms with Crippen LogP contribution in [0, 0.1) is 0 Å². The molecule has 4 nitrogen and oxygen atoms in total. The Morgan fingerprint density at radius 1 is 1.37 bits per heavy atom. The molecular weight excluding hydrogens is 242 g/mol. The van der Waals surface area contributed by atoms with Crippen molar-refractivity contribution in [2.75, 3.05) is 27.4 Å². The molecule has 1 atom stereocenters. The molecule has 0 heterocycles. The van der Waals surface area contributed by atoms with Gasteiger partial charge in [-0.15, -0.1) is 0 Å². The maximum absolute atomic E-state index is 5.82. The predicted octanol–water partition coefficient (Wildman–Crippen LogP) is 2.38. The minimum Gasteiger partial charge on any atom is -0.497 e. The second-order valence-corrected chi connectivity index (χ2v) is 4.20. The molecule has 106 valence electrons. The van der Waals surface area contributed by atoms with Gasteiger partial charge in [0.05, 0.1) is 13.7 Å². The summed E-state index contributed by atoms with van der Waals surface area (Å²) in [4.78, 5) is 0. The average Bonchev–Trinajstić information content (AvgIpc) is 2.44. The van der Waals surface area contributed by atoms with Gasteiger partial charge in [-0.25, -0.2) is 0 Å². The van der Waals surface area contributed by atoms with Crippen molar-refractivity contribution in [3.63, 3.8) is 0 Å². The zero-order chi connectivity index (χ0) is 14.1. The van der Waals surface area contributed by atoms with Crippen molar-refractivity contribution >= 4 is 0 Å². The Kier molecular flexibility index (Phi) is 7.00. The van der Waals surface area contributed by atoms with Crippen LogP contribution in [0.1, 0.15) is 12.5 Å². The summed E-state index contributed by atoms with van der Waals surface area (Å²) >= 11 is 0. The van der Waals surface area contributed by atoms with Crippen LogP contribution >= 0.6 is 0 Å². The molecule has 0 aliphatic carbocycles. The molecule has 0 fully saturated rings. The lowest BCUT2D eigenvalue weighted by Crippen LogP contribution is -2.19. The number of benzene rings is 1. The molecule has 1 aromatic carbocycles. The number of hydrogen-bond acceptors (Lipinski definition) is 4. The van der Waals surface area contributed by atoms with E-state index in [0.717, 1.165) is 30.2 Å². The Morgan fingerprint density at radius 3 is 2.79 bits per heavy atom. The van der Waals surface area contributed by atoms with Gasteiger partial charge in [0.2, 0.25) is 0 Å². The van der Waals surface area contributed by atoms with Crippen molar-refractivity contribution in [2.45, 2.75) is 19.6 Å². The standard InChI is InChI=1S/C15H23NO3/c1-5-12(2)19-15-10-14(18-4)7-6-13(15)11-16-8-9-17-3/h5-7,10,12,16H,1,8-9,11H2,2-4H3. The van der Waals surface area contributed by atoms with Crippen LogP contribution in [0.25, 0.3) is 0 Å². The topological polar surface area (TPSA) is 39.7 Å². The van der Waals surface area contributed by atoms with Gasteiger partial charge in [-0.2, -0.15) is 0 Å². The van der Waals surface area contributed by atoms with Crippen LogP contribution in [0.4, 0.5) is 0 Å². The highest BCUT2D eigenvalue weighted by Crippen LogP contribution is 2.25. The summed E-state index contributed by atoms with van der Waals surface area (Å²) in [6.45, 7) is 7.90. The number of methoxy groups -OCH3 is 2. The molecule has 1 rings (SSSR count). The van der Waals surface area contributed by atoms with Crippen LogP contribution < -0.4 is 14.8 Å². The number of ether oxygens (including phenoxy) is 3. The first-order valence-electron chi connectivity index (χ1n) is 6.37. The van der Waals surface area contributed by atoms with Crippen LogP contribution in [0.2, 0.25) is 0 Å². The molecule has 1 N–H and O–H groups in total. The van der Waals surface area contributed by atoms with Crippen LogP contribution in [0.5, 0.6) is 11.5 Å². The quantitative estimate of drug-likeness (QED) is 0.550. The molecule has 0 saturated heterocycles. The first-order valence-corrected chi connectivity index (χ1v) is 6.37. The average molecular weight is 265 g/mol. The Hall–Kier alpha value is -1.52. The molecule has 0 aromatic heterocycles. The SMILES string of the molecule is C=CC(C)Oc1cc(OC)ccc1CNCCOC. The van der Waals surface area contributed by atoms with Crippen molar-refractivity contribution in [1.82, 2.24) is 5.32 Å². The third-order valence-electron chi connectivity index (χ3n) is 2.72. The molecule has 19 heavy (non-hydrogen) atoms. The van der Waals surface area contributed by atoms with Gasteiger partial charge in [-0.3, -0.25) is 0 Å². The summed E-state index contributed by atoms with van der Waals surface area (Å²) in [5, 5.41) is 3.30. The third-order valence-corrected chi connectivity index (χ3v) is 2.72. The Bertz CT molecular complexity index is 393. The van der Waals surface area contributed by atoms with Crippen LogP contribution in [-0.2, 0) is 11.3 Å². The Morgan fingerprint density at radius 2 is 2.16 bits per heavy atom. The minimum atomic E-state index is -0.0372. The molecule has 1 aromatic rings. The summed E-state index contributed by atoms with van der Waals surface area (Å²) < 4.78 is 16.0. The van der Waals surface area contributed by atoms with E-state index >= 15 is 0 Å². The summed E-state index contributed by atoms with van der Waals surface area (Å²) in [7, 11) is 3.34. The van der Waals surface area contributed by atoms with Crippen LogP contribution in [0.15, 0.2) is 30.9 Å². The molecule has 0 radical (unpaired) electrons. The second kappa shape index (κ2) is 8.56. The predicted molar refractivity (Wildman–Crippen MR) is 76.9 cm³/mol. The van der Waals surface area contributed by atoms with Gasteiger partial charge in [-0.05, 0) is 13.0 Å². The maximum Gasteiger partial charge on any atom is 0.128 e. The van der Waals surface area contributed by atoms with Gasteiger partial charge in [0.1, 0.15) is 17.6 Å². The fourth-order valence-electron chi connectivity index (χ4n) is 1.56. The lowest BCUT2D eigenvalue weighted by atomic mass is 10.2. The van der Waals surface area contributed by atoms with E-state index in [1.54, 1.807) is 20.3 Å². The van der Waals surface area contributed by atoms with Crippen molar-refractivity contribution < 1.29 is 14.2 Å². The second-order valence-electron chi connectivity index (χ2n) is 4.20. The van der Waals surface area contributed by atoms with Gasteiger partial charge < -0.3 is 19.5 Å². The monoisotopic (exact) mass is 265 g/mol. The third kappa shape index (κ3) is 5.32. The molecule has 0 saturated carbocycles. The smallest absolute Gasteiger partial charge is 0.128 e. The molecule has 0 aliphatic heterocycles. The summed E-state index contributed by atoms with van der Waals surface area (Å²) in [5.41, 5.74) is 1.09. The van der Waals surface area contributed by atoms with E-state index in [1.165, 1.54) is 0 Å². The summed E-state index contributed by atoms with van der Waals surface area (Å²) in [6, 6.07) is 5.83. The van der Waals surface area contributed by atoms with Crippen molar-refractivity contribution in [3.05, 3.63) is 36.4 Å². The molecule has 0 aliphatic rings. The van der Waals surface area contributed by atoms with Gasteiger partial charge in [0, 0.05) is 31.8 Å². The van der Waals surface area contributed by atoms with Crippen molar-refractivity contribution in [1.29, 1.82) is 0 Å². The minimum absolute atomic E-state index is 0.0372. The molecular formula is C15H23NO3. The first-order chi connectivity index (χ1) is 9.21. The highest BCUT2D eigenvalue weighted by atomic mass is 16.5. The van der Waals surface area contributed by atoms with E-state index < -0.39 is 0 Å². The Labute approximate surface area is 115 Å². The first kappa shape index (κ1) is 15.5. The fraction of sp³-hybridized carbons (Fsp3) is 0.467. The van der Waals surface area contributed by atoms with E-state index in [-0.39, 0.29) is 6.10 Å². The lowest BCUT2D eigenvalue weighted by Gasteiger charge is -2.16. The van der Waals surface area contributed by atoms with E-state index in [4.69, 9.17) is 14.2 Å². The highest BCUT2D eigenvalue weighted by Gasteiger charge is 2.08. The van der Waals surface area contributed by atoms with Gasteiger partial charge in [0.15, 0.2) is 0 Å². The van der Waals surface area contributed by atoms with E-state index in [0.29, 0.717) is 6.61 Å². The van der Waals surface area contributed by atoms with E-state index in [9.17, 15) is 0 Å². The Balaban J connectivity index is 2.73. The molecule has 4 heteroatoms. The van der Waals surface area contributed by atoms with Gasteiger partial charge >= 0.3 is 0 Å². The highest BCUT2D eigenvalue weighted by molar-refractivity contribution is 5.41. The van der Waals surface area contributed by atoms with Crippen LogP contribution in [-0.4, -0.2) is 33.5 Å². The van der Waals surface area contributed by atoms with E-state index in [1.807, 2.05) is 25.1 Å².